The molecule has 0 aliphatic carbocycles. The molecule has 0 atom stereocenters. The Hall–Kier alpha value is -3.84. The average molecular weight is 479 g/mol. The summed E-state index contributed by atoms with van der Waals surface area (Å²) in [5.74, 6) is -0.577. The van der Waals surface area contributed by atoms with Gasteiger partial charge in [0.1, 0.15) is 0 Å². The zero-order valence-electron chi connectivity index (χ0n) is 19.1. The lowest BCUT2D eigenvalue weighted by atomic mass is 10.1. The van der Waals surface area contributed by atoms with Crippen molar-refractivity contribution in [1.29, 1.82) is 0 Å². The van der Waals surface area contributed by atoms with Crippen LogP contribution in [0.15, 0.2) is 66.7 Å². The van der Waals surface area contributed by atoms with Crippen molar-refractivity contribution in [2.75, 3.05) is 27.8 Å². The van der Waals surface area contributed by atoms with Crippen LogP contribution in [0.5, 0.6) is 0 Å². The summed E-state index contributed by atoms with van der Waals surface area (Å²) >= 11 is 6.18. The molecule has 0 saturated heterocycles. The lowest BCUT2D eigenvalue weighted by Crippen LogP contribution is -2.22. The van der Waals surface area contributed by atoms with Gasteiger partial charge in [-0.25, -0.2) is 0 Å². The predicted octanol–water partition coefficient (Wildman–Crippen LogP) is 5.69. The van der Waals surface area contributed by atoms with Gasteiger partial charge in [-0.2, -0.15) is 0 Å². The molecule has 0 unspecified atom stereocenters. The highest BCUT2D eigenvalue weighted by atomic mass is 35.5. The Morgan fingerprint density at radius 1 is 0.794 bits per heavy atom. The smallest absolute Gasteiger partial charge is 0.255 e. The number of hydrogen-bond acceptors (Lipinski definition) is 4. The number of carbonyl (C=O) groups is 3. The van der Waals surface area contributed by atoms with Crippen LogP contribution in [0.1, 0.15) is 35.7 Å². The lowest BCUT2D eigenvalue weighted by molar-refractivity contribution is -0.116. The second kappa shape index (κ2) is 11.9. The number of hydrogen-bond donors (Lipinski definition) is 4. The fourth-order valence-electron chi connectivity index (χ4n) is 3.19. The number of nitrogens with one attached hydrogen (secondary N) is 4. The summed E-state index contributed by atoms with van der Waals surface area (Å²) in [6, 6.07) is 19.4. The van der Waals surface area contributed by atoms with Gasteiger partial charge in [0.15, 0.2) is 0 Å². The molecule has 0 saturated carbocycles. The van der Waals surface area contributed by atoms with Gasteiger partial charge in [-0.3, -0.25) is 14.4 Å². The van der Waals surface area contributed by atoms with Gasteiger partial charge in [0.25, 0.3) is 5.91 Å². The molecule has 3 aromatic rings. The van der Waals surface area contributed by atoms with Gasteiger partial charge in [0.2, 0.25) is 11.8 Å². The van der Waals surface area contributed by atoms with Crippen molar-refractivity contribution in [3.8, 4) is 0 Å². The summed E-state index contributed by atoms with van der Waals surface area (Å²) in [5, 5.41) is 11.8. The van der Waals surface area contributed by atoms with Gasteiger partial charge in [0, 0.05) is 29.0 Å². The molecule has 3 aromatic carbocycles. The minimum atomic E-state index is -0.296. The summed E-state index contributed by atoms with van der Waals surface area (Å²) in [6.07, 6.45) is 1.16. The maximum Gasteiger partial charge on any atom is 0.255 e. The molecule has 0 heterocycles. The average Bonchev–Trinajstić information content (AvgIpc) is 2.81. The normalized spacial score (nSPS) is 10.3. The summed E-state index contributed by atoms with van der Waals surface area (Å²) in [6.45, 7) is 3.87. The van der Waals surface area contributed by atoms with E-state index < -0.39 is 0 Å². The molecular formula is C26H27ClN4O3. The fraction of sp³-hybridized carbons (Fsp3) is 0.192. The number of aryl methyl sites for hydroxylation is 1. The Labute approximate surface area is 203 Å². The van der Waals surface area contributed by atoms with Crippen molar-refractivity contribution in [3.63, 3.8) is 0 Å². The first-order chi connectivity index (χ1) is 16.3. The molecule has 7 nitrogen and oxygen atoms in total. The third-order valence-corrected chi connectivity index (χ3v) is 5.21. The molecule has 3 rings (SSSR count). The number of benzene rings is 3. The van der Waals surface area contributed by atoms with Crippen molar-refractivity contribution < 1.29 is 14.4 Å². The Bertz CT molecular complexity index is 1180. The van der Waals surface area contributed by atoms with Crippen LogP contribution < -0.4 is 21.3 Å². The molecule has 176 valence electrons. The first-order valence-electron chi connectivity index (χ1n) is 10.9. The highest BCUT2D eigenvalue weighted by molar-refractivity contribution is 6.34. The van der Waals surface area contributed by atoms with E-state index in [4.69, 9.17) is 11.6 Å². The number of halogens is 1. The molecule has 0 fully saturated rings. The van der Waals surface area contributed by atoms with Crippen LogP contribution in [0.4, 0.5) is 22.7 Å². The molecule has 0 bridgehead atoms. The van der Waals surface area contributed by atoms with Crippen LogP contribution in [-0.2, 0) is 9.59 Å². The van der Waals surface area contributed by atoms with Gasteiger partial charge in [-0.15, -0.1) is 0 Å². The molecular weight excluding hydrogens is 452 g/mol. The van der Waals surface area contributed by atoms with E-state index in [0.29, 0.717) is 34.1 Å². The van der Waals surface area contributed by atoms with Crippen molar-refractivity contribution in [2.24, 2.45) is 0 Å². The number of anilines is 4. The predicted molar refractivity (Wildman–Crippen MR) is 138 cm³/mol. The molecule has 3 amide bonds. The van der Waals surface area contributed by atoms with Gasteiger partial charge < -0.3 is 21.3 Å². The standard InChI is InChI=1S/C26H27ClN4O3/c1-3-5-24(32)29-21-12-13-22(27)23(15-21)31-25(33)16-28-19-8-10-20(11-9-19)30-26(34)18-7-4-6-17(2)14-18/h4,6-15,28H,3,5,16H2,1-2H3,(H,29,32)(H,30,34)(H,31,33). The molecule has 0 aliphatic heterocycles. The van der Waals surface area contributed by atoms with E-state index in [2.05, 4.69) is 21.3 Å². The van der Waals surface area contributed by atoms with E-state index in [1.54, 1.807) is 48.5 Å². The molecule has 0 radical (unpaired) electrons. The zero-order chi connectivity index (χ0) is 24.5. The third-order valence-electron chi connectivity index (χ3n) is 4.88. The Kier molecular flexibility index (Phi) is 8.65. The minimum Gasteiger partial charge on any atom is -0.376 e. The Morgan fingerprint density at radius 3 is 2.21 bits per heavy atom. The van der Waals surface area contributed by atoms with Crippen LogP contribution in [0.3, 0.4) is 0 Å². The van der Waals surface area contributed by atoms with E-state index in [0.717, 1.165) is 17.7 Å². The maximum atomic E-state index is 12.4. The van der Waals surface area contributed by atoms with E-state index >= 15 is 0 Å². The fourth-order valence-corrected chi connectivity index (χ4v) is 3.35. The summed E-state index contributed by atoms with van der Waals surface area (Å²) in [4.78, 5) is 36.6. The van der Waals surface area contributed by atoms with Crippen molar-refractivity contribution in [2.45, 2.75) is 26.7 Å². The van der Waals surface area contributed by atoms with Gasteiger partial charge in [-0.05, 0) is 67.9 Å². The highest BCUT2D eigenvalue weighted by Crippen LogP contribution is 2.26. The molecule has 4 N–H and O–H groups in total. The zero-order valence-corrected chi connectivity index (χ0v) is 19.8. The summed E-state index contributed by atoms with van der Waals surface area (Å²) in [7, 11) is 0. The maximum absolute atomic E-state index is 12.4. The van der Waals surface area contributed by atoms with Crippen LogP contribution in [0.2, 0.25) is 5.02 Å². The van der Waals surface area contributed by atoms with E-state index in [9.17, 15) is 14.4 Å². The van der Waals surface area contributed by atoms with Gasteiger partial charge in [0.05, 0.1) is 17.3 Å². The monoisotopic (exact) mass is 478 g/mol. The van der Waals surface area contributed by atoms with Crippen molar-refractivity contribution >= 4 is 52.1 Å². The Balaban J connectivity index is 1.52. The number of carbonyl (C=O) groups excluding carboxylic acids is 3. The Morgan fingerprint density at radius 2 is 1.50 bits per heavy atom. The minimum absolute atomic E-state index is 0.0117. The van der Waals surface area contributed by atoms with Crippen molar-refractivity contribution in [1.82, 2.24) is 0 Å². The second-order valence-electron chi connectivity index (χ2n) is 7.80. The lowest BCUT2D eigenvalue weighted by Gasteiger charge is -2.12. The van der Waals surface area contributed by atoms with E-state index in [1.165, 1.54) is 0 Å². The molecule has 0 spiro atoms. The molecule has 8 heteroatoms. The first kappa shape index (κ1) is 24.8. The third kappa shape index (κ3) is 7.35. The largest absolute Gasteiger partial charge is 0.376 e. The molecule has 0 aromatic heterocycles. The van der Waals surface area contributed by atoms with Crippen LogP contribution in [0.25, 0.3) is 0 Å². The topological polar surface area (TPSA) is 99.3 Å². The van der Waals surface area contributed by atoms with Crippen LogP contribution in [-0.4, -0.2) is 24.3 Å². The van der Waals surface area contributed by atoms with Crippen LogP contribution >= 0.6 is 11.6 Å². The van der Waals surface area contributed by atoms with E-state index in [-0.39, 0.29) is 24.3 Å². The number of rotatable bonds is 9. The second-order valence-corrected chi connectivity index (χ2v) is 8.20. The van der Waals surface area contributed by atoms with Crippen LogP contribution in [0, 0.1) is 6.92 Å². The first-order valence-corrected chi connectivity index (χ1v) is 11.3. The summed E-state index contributed by atoms with van der Waals surface area (Å²) < 4.78 is 0. The van der Waals surface area contributed by atoms with Crippen molar-refractivity contribution in [3.05, 3.63) is 82.9 Å². The van der Waals surface area contributed by atoms with Gasteiger partial charge >= 0.3 is 0 Å². The molecule has 34 heavy (non-hydrogen) atoms. The number of amides is 3. The quantitative estimate of drug-likeness (QED) is 0.317. The van der Waals surface area contributed by atoms with E-state index in [1.807, 2.05) is 32.0 Å². The van der Waals surface area contributed by atoms with Gasteiger partial charge in [-0.1, -0.05) is 36.2 Å². The summed E-state index contributed by atoms with van der Waals surface area (Å²) in [5.41, 5.74) is 3.95. The highest BCUT2D eigenvalue weighted by Gasteiger charge is 2.10. The molecule has 0 aliphatic rings. The SMILES string of the molecule is CCCC(=O)Nc1ccc(Cl)c(NC(=O)CNc2ccc(NC(=O)c3cccc(C)c3)cc2)c1.